The predicted octanol–water partition coefficient (Wildman–Crippen LogP) is 3.07. The average molecular weight is 369 g/mol. The second-order valence-electron chi connectivity index (χ2n) is 5.53. The molecule has 1 heterocycles. The van der Waals surface area contributed by atoms with Crippen LogP contribution in [0.2, 0.25) is 0 Å². The topological polar surface area (TPSA) is 75.6 Å². The van der Waals surface area contributed by atoms with E-state index in [2.05, 4.69) is 4.99 Å². The van der Waals surface area contributed by atoms with E-state index in [0.717, 1.165) is 5.56 Å². The maximum Gasteiger partial charge on any atom is 0.363 e. The molecule has 3 rings (SSSR count). The van der Waals surface area contributed by atoms with E-state index < -0.39 is 5.97 Å². The number of nitrogens with zero attached hydrogens (tertiary/aromatic N) is 1. The molecule has 0 atom stereocenters. The normalized spacial score (nSPS) is 14.6. The fourth-order valence-electron chi connectivity index (χ4n) is 2.63. The highest BCUT2D eigenvalue weighted by Crippen LogP contribution is 2.39. The van der Waals surface area contributed by atoms with Crippen LogP contribution < -0.4 is 18.9 Å². The van der Waals surface area contributed by atoms with E-state index in [1.807, 2.05) is 18.2 Å². The summed E-state index contributed by atoms with van der Waals surface area (Å²) in [6.45, 7) is 0. The fourth-order valence-corrected chi connectivity index (χ4v) is 2.63. The zero-order valence-corrected chi connectivity index (χ0v) is 15.4. The number of hydrogen-bond acceptors (Lipinski definition) is 7. The van der Waals surface area contributed by atoms with Gasteiger partial charge in [0.15, 0.2) is 17.2 Å². The molecule has 0 unspecified atom stereocenters. The molecule has 0 N–H and O–H groups in total. The largest absolute Gasteiger partial charge is 0.497 e. The van der Waals surface area contributed by atoms with Gasteiger partial charge in [-0.25, -0.2) is 9.79 Å². The van der Waals surface area contributed by atoms with Gasteiger partial charge in [0, 0.05) is 5.56 Å². The van der Waals surface area contributed by atoms with Gasteiger partial charge in [0.25, 0.3) is 0 Å². The summed E-state index contributed by atoms with van der Waals surface area (Å²) in [4.78, 5) is 16.5. The molecule has 0 radical (unpaired) electrons. The lowest BCUT2D eigenvalue weighted by Crippen LogP contribution is -2.06. The van der Waals surface area contributed by atoms with Crippen molar-refractivity contribution in [2.75, 3.05) is 28.4 Å². The van der Waals surface area contributed by atoms with Gasteiger partial charge in [-0.1, -0.05) is 12.1 Å². The van der Waals surface area contributed by atoms with Crippen LogP contribution >= 0.6 is 0 Å². The van der Waals surface area contributed by atoms with Crippen molar-refractivity contribution in [3.63, 3.8) is 0 Å². The zero-order chi connectivity index (χ0) is 19.4. The molecule has 7 heteroatoms. The van der Waals surface area contributed by atoms with Crippen LogP contribution in [0.5, 0.6) is 23.0 Å². The fraction of sp³-hybridized carbons (Fsp3) is 0.200. The van der Waals surface area contributed by atoms with Crippen LogP contribution in [-0.2, 0) is 9.53 Å². The number of carbonyl (C=O) groups is 1. The number of benzene rings is 2. The predicted molar refractivity (Wildman–Crippen MR) is 99.7 cm³/mol. The highest BCUT2D eigenvalue weighted by atomic mass is 16.6. The van der Waals surface area contributed by atoms with Gasteiger partial charge >= 0.3 is 5.97 Å². The lowest BCUT2D eigenvalue weighted by molar-refractivity contribution is -0.129. The molecule has 0 fully saturated rings. The second-order valence-corrected chi connectivity index (χ2v) is 5.53. The van der Waals surface area contributed by atoms with Crippen LogP contribution in [0, 0.1) is 0 Å². The summed E-state index contributed by atoms with van der Waals surface area (Å²) in [6.07, 6.45) is 1.63. The summed E-state index contributed by atoms with van der Waals surface area (Å²) in [5.41, 5.74) is 1.50. The zero-order valence-electron chi connectivity index (χ0n) is 15.4. The Morgan fingerprint density at radius 2 is 1.63 bits per heavy atom. The van der Waals surface area contributed by atoms with Crippen LogP contribution in [0.4, 0.5) is 0 Å². The number of methoxy groups -OCH3 is 4. The summed E-state index contributed by atoms with van der Waals surface area (Å²) in [6, 6.07) is 10.6. The van der Waals surface area contributed by atoms with Crippen molar-refractivity contribution in [1.82, 2.24) is 0 Å². The lowest BCUT2D eigenvalue weighted by Gasteiger charge is -2.13. The van der Waals surface area contributed by atoms with Gasteiger partial charge in [-0.05, 0) is 35.9 Å². The molecule has 0 aliphatic carbocycles. The molecule has 0 bridgehead atoms. The lowest BCUT2D eigenvalue weighted by atomic mass is 10.1. The Bertz CT molecular complexity index is 907. The Hall–Kier alpha value is -3.48. The number of ether oxygens (including phenoxy) is 5. The van der Waals surface area contributed by atoms with Gasteiger partial charge in [0.05, 0.1) is 28.4 Å². The molecular weight excluding hydrogens is 350 g/mol. The van der Waals surface area contributed by atoms with E-state index in [0.29, 0.717) is 28.6 Å². The number of esters is 1. The van der Waals surface area contributed by atoms with E-state index in [1.165, 1.54) is 21.3 Å². The first-order valence-electron chi connectivity index (χ1n) is 8.06. The minimum Gasteiger partial charge on any atom is -0.497 e. The molecule has 1 aliphatic rings. The van der Waals surface area contributed by atoms with E-state index >= 15 is 0 Å². The third-order valence-electron chi connectivity index (χ3n) is 3.93. The molecule has 27 heavy (non-hydrogen) atoms. The Morgan fingerprint density at radius 1 is 0.926 bits per heavy atom. The molecule has 0 spiro atoms. The van der Waals surface area contributed by atoms with Gasteiger partial charge in [-0.2, -0.15) is 0 Å². The van der Waals surface area contributed by atoms with Gasteiger partial charge in [-0.3, -0.25) is 0 Å². The van der Waals surface area contributed by atoms with Crippen molar-refractivity contribution < 1.29 is 28.5 Å². The van der Waals surface area contributed by atoms with E-state index in [-0.39, 0.29) is 11.6 Å². The summed E-state index contributed by atoms with van der Waals surface area (Å²) in [5.74, 6) is 1.63. The van der Waals surface area contributed by atoms with Crippen molar-refractivity contribution in [3.05, 3.63) is 53.2 Å². The number of carbonyl (C=O) groups excluding carboxylic acids is 1. The number of cyclic esters (lactones) is 1. The maximum atomic E-state index is 12.2. The average Bonchev–Trinajstić information content (AvgIpc) is 3.07. The first-order chi connectivity index (χ1) is 13.1. The number of aliphatic imine (C=N–C) groups is 1. The third-order valence-corrected chi connectivity index (χ3v) is 3.93. The molecule has 0 saturated carbocycles. The number of hydrogen-bond donors (Lipinski definition) is 0. The molecular formula is C20H19NO6. The molecule has 0 aromatic heterocycles. The molecule has 0 saturated heterocycles. The molecule has 140 valence electrons. The number of rotatable bonds is 6. The van der Waals surface area contributed by atoms with Crippen LogP contribution in [0.25, 0.3) is 6.08 Å². The second kappa shape index (κ2) is 7.82. The van der Waals surface area contributed by atoms with E-state index in [1.54, 1.807) is 31.4 Å². The smallest absolute Gasteiger partial charge is 0.363 e. The van der Waals surface area contributed by atoms with Crippen LogP contribution in [-0.4, -0.2) is 40.3 Å². The molecule has 2 aromatic carbocycles. The van der Waals surface area contributed by atoms with Gasteiger partial charge in [0.2, 0.25) is 11.6 Å². The summed E-state index contributed by atoms with van der Waals surface area (Å²) in [7, 11) is 6.12. The molecule has 2 aromatic rings. The Balaban J connectivity index is 2.00. The first kappa shape index (κ1) is 18.3. The highest BCUT2D eigenvalue weighted by Gasteiger charge is 2.26. The van der Waals surface area contributed by atoms with Crippen molar-refractivity contribution in [2.45, 2.75) is 0 Å². The summed E-state index contributed by atoms with van der Waals surface area (Å²) >= 11 is 0. The molecule has 0 amide bonds. The third kappa shape index (κ3) is 3.72. The summed E-state index contributed by atoms with van der Waals surface area (Å²) < 4.78 is 26.5. The first-order valence-corrected chi connectivity index (χ1v) is 8.06. The minimum absolute atomic E-state index is 0.161. The van der Waals surface area contributed by atoms with E-state index in [4.69, 9.17) is 23.7 Å². The van der Waals surface area contributed by atoms with Crippen molar-refractivity contribution in [3.8, 4) is 23.0 Å². The van der Waals surface area contributed by atoms with Crippen molar-refractivity contribution in [1.29, 1.82) is 0 Å². The Morgan fingerprint density at radius 3 is 2.22 bits per heavy atom. The highest BCUT2D eigenvalue weighted by molar-refractivity contribution is 6.13. The van der Waals surface area contributed by atoms with Gasteiger partial charge < -0.3 is 23.7 Å². The van der Waals surface area contributed by atoms with Crippen LogP contribution in [0.15, 0.2) is 47.1 Å². The van der Waals surface area contributed by atoms with Crippen LogP contribution in [0.1, 0.15) is 11.1 Å². The van der Waals surface area contributed by atoms with Crippen molar-refractivity contribution >= 4 is 17.9 Å². The minimum atomic E-state index is -0.540. The Kier molecular flexibility index (Phi) is 5.30. The molecule has 7 nitrogen and oxygen atoms in total. The van der Waals surface area contributed by atoms with E-state index in [9.17, 15) is 4.79 Å². The SMILES string of the molecule is COc1cccc(/C=C2/N=C(c3cc(OC)c(OC)c(OC)c3)OC2=O)c1. The molecule has 1 aliphatic heterocycles. The van der Waals surface area contributed by atoms with Crippen LogP contribution in [0.3, 0.4) is 0 Å². The Labute approximate surface area is 156 Å². The standard InChI is InChI=1S/C20H19NO6/c1-23-14-7-5-6-12(8-14)9-15-20(22)27-19(21-15)13-10-16(24-2)18(26-4)17(11-13)25-3/h5-11H,1-4H3/b15-9+. The van der Waals surface area contributed by atoms with Gasteiger partial charge in [-0.15, -0.1) is 0 Å². The van der Waals surface area contributed by atoms with Gasteiger partial charge in [0.1, 0.15) is 5.75 Å². The monoisotopic (exact) mass is 369 g/mol. The maximum absolute atomic E-state index is 12.2. The quantitative estimate of drug-likeness (QED) is 0.575. The van der Waals surface area contributed by atoms with Crippen molar-refractivity contribution in [2.24, 2.45) is 4.99 Å². The summed E-state index contributed by atoms with van der Waals surface area (Å²) in [5, 5.41) is 0.